The van der Waals surface area contributed by atoms with Gasteiger partial charge in [-0.3, -0.25) is 4.79 Å². The number of hydrogen-bond donors (Lipinski definition) is 0. The third kappa shape index (κ3) is 5.25. The maximum absolute atomic E-state index is 12.1. The van der Waals surface area contributed by atoms with Gasteiger partial charge in [0.15, 0.2) is 0 Å². The van der Waals surface area contributed by atoms with Gasteiger partial charge in [0.2, 0.25) is 0 Å². The third-order valence-electron chi connectivity index (χ3n) is 3.31. The van der Waals surface area contributed by atoms with Crippen molar-refractivity contribution in [2.45, 2.75) is 26.2 Å². The molecule has 0 aromatic heterocycles. The van der Waals surface area contributed by atoms with Crippen LogP contribution < -0.4 is 9.47 Å². The summed E-state index contributed by atoms with van der Waals surface area (Å²) >= 11 is 0. The molecule has 0 fully saturated rings. The van der Waals surface area contributed by atoms with E-state index in [0.29, 0.717) is 29.8 Å². The van der Waals surface area contributed by atoms with E-state index in [2.05, 4.69) is 6.92 Å². The highest BCUT2D eigenvalue weighted by molar-refractivity contribution is 5.91. The van der Waals surface area contributed by atoms with Crippen molar-refractivity contribution in [3.8, 4) is 11.5 Å². The van der Waals surface area contributed by atoms with E-state index >= 15 is 0 Å². The molecule has 0 bridgehead atoms. The second kappa shape index (κ2) is 8.73. The zero-order chi connectivity index (χ0) is 16.5. The summed E-state index contributed by atoms with van der Waals surface area (Å²) in [6, 6.07) is 13.3. The number of unbranched alkanes of at least 4 members (excludes halogenated alkanes) is 2. The van der Waals surface area contributed by atoms with Gasteiger partial charge in [-0.15, -0.1) is 0 Å². The SMILES string of the molecule is CCCCCOc1ccc(C(=O)Oc2cccc(C=O)c2)cc1. The third-order valence-corrected chi connectivity index (χ3v) is 3.31. The fourth-order valence-electron chi connectivity index (χ4n) is 2.05. The maximum atomic E-state index is 12.1. The van der Waals surface area contributed by atoms with Crippen molar-refractivity contribution in [3.63, 3.8) is 0 Å². The Labute approximate surface area is 136 Å². The minimum absolute atomic E-state index is 0.347. The minimum atomic E-state index is -0.467. The Hall–Kier alpha value is -2.62. The van der Waals surface area contributed by atoms with Crippen molar-refractivity contribution >= 4 is 12.3 Å². The first kappa shape index (κ1) is 16.7. The molecular formula is C19H20O4. The van der Waals surface area contributed by atoms with Crippen LogP contribution in [0.2, 0.25) is 0 Å². The Balaban J connectivity index is 1.93. The molecule has 2 rings (SSSR count). The first-order chi connectivity index (χ1) is 11.2. The molecule has 0 spiro atoms. The molecule has 2 aromatic carbocycles. The number of benzene rings is 2. The van der Waals surface area contributed by atoms with Crippen LogP contribution in [0.5, 0.6) is 11.5 Å². The van der Waals surface area contributed by atoms with E-state index in [9.17, 15) is 9.59 Å². The summed E-state index contributed by atoms with van der Waals surface area (Å²) in [5.74, 6) is 0.616. The van der Waals surface area contributed by atoms with Gasteiger partial charge in [-0.1, -0.05) is 31.9 Å². The van der Waals surface area contributed by atoms with Crippen molar-refractivity contribution < 1.29 is 19.1 Å². The number of rotatable bonds is 8. The van der Waals surface area contributed by atoms with Crippen molar-refractivity contribution in [2.75, 3.05) is 6.61 Å². The second-order valence-electron chi connectivity index (χ2n) is 5.16. The fraction of sp³-hybridized carbons (Fsp3) is 0.263. The molecule has 0 saturated heterocycles. The lowest BCUT2D eigenvalue weighted by Gasteiger charge is -2.07. The van der Waals surface area contributed by atoms with E-state index in [1.165, 1.54) is 6.07 Å². The molecule has 0 heterocycles. The zero-order valence-electron chi connectivity index (χ0n) is 13.2. The number of carbonyl (C=O) groups excluding carboxylic acids is 2. The van der Waals surface area contributed by atoms with Crippen molar-refractivity contribution in [1.82, 2.24) is 0 Å². The lowest BCUT2D eigenvalue weighted by molar-refractivity contribution is 0.0734. The lowest BCUT2D eigenvalue weighted by atomic mass is 10.2. The van der Waals surface area contributed by atoms with Crippen LogP contribution in [0.15, 0.2) is 48.5 Å². The largest absolute Gasteiger partial charge is 0.494 e. The van der Waals surface area contributed by atoms with Crippen molar-refractivity contribution in [1.29, 1.82) is 0 Å². The summed E-state index contributed by atoms with van der Waals surface area (Å²) in [4.78, 5) is 22.8. The molecule has 0 aliphatic rings. The lowest BCUT2D eigenvalue weighted by Crippen LogP contribution is -2.08. The molecule has 0 saturated carbocycles. The Morgan fingerprint density at radius 2 is 1.83 bits per heavy atom. The van der Waals surface area contributed by atoms with E-state index in [1.54, 1.807) is 42.5 Å². The van der Waals surface area contributed by atoms with Gasteiger partial charge in [0.25, 0.3) is 0 Å². The molecule has 4 nitrogen and oxygen atoms in total. The Morgan fingerprint density at radius 1 is 1.04 bits per heavy atom. The molecule has 0 amide bonds. The summed E-state index contributed by atoms with van der Waals surface area (Å²) in [6.45, 7) is 2.82. The fourth-order valence-corrected chi connectivity index (χ4v) is 2.05. The molecule has 4 heteroatoms. The minimum Gasteiger partial charge on any atom is -0.494 e. The number of esters is 1. The molecule has 0 atom stereocenters. The maximum Gasteiger partial charge on any atom is 0.343 e. The van der Waals surface area contributed by atoms with Gasteiger partial charge in [-0.25, -0.2) is 4.79 Å². The molecule has 23 heavy (non-hydrogen) atoms. The predicted octanol–water partition coefficient (Wildman–Crippen LogP) is 4.29. The van der Waals surface area contributed by atoms with E-state index in [1.807, 2.05) is 0 Å². The van der Waals surface area contributed by atoms with Crippen LogP contribution in [0.25, 0.3) is 0 Å². The summed E-state index contributed by atoms with van der Waals surface area (Å²) in [7, 11) is 0. The predicted molar refractivity (Wildman–Crippen MR) is 88.3 cm³/mol. The van der Waals surface area contributed by atoms with E-state index in [-0.39, 0.29) is 0 Å². The van der Waals surface area contributed by atoms with Crippen molar-refractivity contribution in [2.24, 2.45) is 0 Å². The van der Waals surface area contributed by atoms with Crippen LogP contribution in [0.4, 0.5) is 0 Å². The number of ether oxygens (including phenoxy) is 2. The van der Waals surface area contributed by atoms with Gasteiger partial charge >= 0.3 is 5.97 Å². The summed E-state index contributed by atoms with van der Waals surface area (Å²) in [5.41, 5.74) is 0.897. The molecule has 0 aliphatic carbocycles. The Morgan fingerprint density at radius 3 is 2.52 bits per heavy atom. The van der Waals surface area contributed by atoms with E-state index < -0.39 is 5.97 Å². The standard InChI is InChI=1S/C19H20O4/c1-2-3-4-12-22-17-10-8-16(9-11-17)19(21)23-18-7-5-6-15(13-18)14-20/h5-11,13-14H,2-4,12H2,1H3. The summed E-state index contributed by atoms with van der Waals surface area (Å²) in [6.07, 6.45) is 4.03. The van der Waals surface area contributed by atoms with Gasteiger partial charge in [0.1, 0.15) is 17.8 Å². The molecule has 0 radical (unpaired) electrons. The quantitative estimate of drug-likeness (QED) is 0.316. The first-order valence-electron chi connectivity index (χ1n) is 7.73. The highest BCUT2D eigenvalue weighted by atomic mass is 16.5. The summed E-state index contributed by atoms with van der Waals surface area (Å²) in [5, 5.41) is 0. The normalized spacial score (nSPS) is 10.1. The second-order valence-corrected chi connectivity index (χ2v) is 5.16. The molecule has 0 N–H and O–H groups in total. The number of carbonyl (C=O) groups is 2. The van der Waals surface area contributed by atoms with Crippen LogP contribution in [0, 0.1) is 0 Å². The number of aldehydes is 1. The molecule has 0 aliphatic heterocycles. The summed E-state index contributed by atoms with van der Waals surface area (Å²) < 4.78 is 10.9. The van der Waals surface area contributed by atoms with Gasteiger partial charge in [-0.05, 0) is 42.8 Å². The molecule has 0 unspecified atom stereocenters. The smallest absolute Gasteiger partial charge is 0.343 e. The van der Waals surface area contributed by atoms with Gasteiger partial charge in [0.05, 0.1) is 12.2 Å². The Bertz CT molecular complexity index is 647. The monoisotopic (exact) mass is 312 g/mol. The van der Waals surface area contributed by atoms with E-state index in [0.717, 1.165) is 25.0 Å². The zero-order valence-corrected chi connectivity index (χ0v) is 13.2. The van der Waals surface area contributed by atoms with Gasteiger partial charge in [0, 0.05) is 5.56 Å². The first-order valence-corrected chi connectivity index (χ1v) is 7.73. The van der Waals surface area contributed by atoms with E-state index in [4.69, 9.17) is 9.47 Å². The number of hydrogen-bond acceptors (Lipinski definition) is 4. The average Bonchev–Trinajstić information content (AvgIpc) is 2.59. The highest BCUT2D eigenvalue weighted by Crippen LogP contribution is 2.17. The average molecular weight is 312 g/mol. The van der Waals surface area contributed by atoms with Gasteiger partial charge in [-0.2, -0.15) is 0 Å². The Kier molecular flexibility index (Phi) is 6.36. The van der Waals surface area contributed by atoms with Crippen molar-refractivity contribution in [3.05, 3.63) is 59.7 Å². The highest BCUT2D eigenvalue weighted by Gasteiger charge is 2.09. The molecular weight excluding hydrogens is 292 g/mol. The molecule has 2 aromatic rings. The van der Waals surface area contributed by atoms with Crippen LogP contribution in [-0.4, -0.2) is 18.9 Å². The van der Waals surface area contributed by atoms with Crippen LogP contribution in [-0.2, 0) is 0 Å². The van der Waals surface area contributed by atoms with Crippen LogP contribution in [0.3, 0.4) is 0 Å². The molecule has 120 valence electrons. The topological polar surface area (TPSA) is 52.6 Å². The van der Waals surface area contributed by atoms with Crippen LogP contribution >= 0.6 is 0 Å². The van der Waals surface area contributed by atoms with Gasteiger partial charge < -0.3 is 9.47 Å². The van der Waals surface area contributed by atoms with Crippen LogP contribution in [0.1, 0.15) is 46.9 Å².